The van der Waals surface area contributed by atoms with Gasteiger partial charge in [0.2, 0.25) is 15.9 Å². The van der Waals surface area contributed by atoms with E-state index in [9.17, 15) is 18.0 Å². The summed E-state index contributed by atoms with van der Waals surface area (Å²) in [4.78, 5) is 23.6. The Hall–Kier alpha value is -1.71. The van der Waals surface area contributed by atoms with Crippen molar-refractivity contribution >= 4 is 15.9 Å². The summed E-state index contributed by atoms with van der Waals surface area (Å²) in [5, 5.41) is 2.65. The molecule has 0 aromatic carbocycles. The lowest BCUT2D eigenvalue weighted by molar-refractivity contribution is -0.122. The van der Waals surface area contributed by atoms with Gasteiger partial charge in [0, 0.05) is 39.5 Å². The highest BCUT2D eigenvalue weighted by molar-refractivity contribution is 7.89. The van der Waals surface area contributed by atoms with Gasteiger partial charge in [0.05, 0.1) is 11.5 Å². The Balaban J connectivity index is 2.97. The van der Waals surface area contributed by atoms with Crippen LogP contribution in [0.5, 0.6) is 0 Å². The van der Waals surface area contributed by atoms with E-state index in [1.165, 1.54) is 27.3 Å². The van der Waals surface area contributed by atoms with Crippen LogP contribution in [0.3, 0.4) is 0 Å². The molecule has 1 aromatic rings. The van der Waals surface area contributed by atoms with Gasteiger partial charge in [0.1, 0.15) is 6.54 Å². The van der Waals surface area contributed by atoms with Crippen molar-refractivity contribution in [2.75, 3.05) is 27.8 Å². The van der Waals surface area contributed by atoms with E-state index in [1.807, 2.05) is 0 Å². The smallest absolute Gasteiger partial charge is 0.251 e. The first-order valence-electron chi connectivity index (χ1n) is 6.59. The van der Waals surface area contributed by atoms with Crippen LogP contribution in [-0.2, 0) is 26.1 Å². The molecule has 0 aliphatic rings. The number of rotatable bonds is 7. The normalized spacial score (nSPS) is 13.1. The molecule has 0 aliphatic heterocycles. The van der Waals surface area contributed by atoms with E-state index >= 15 is 0 Å². The summed E-state index contributed by atoms with van der Waals surface area (Å²) in [5.74, 6) is -0.397. The van der Waals surface area contributed by atoms with Crippen LogP contribution < -0.4 is 10.9 Å². The molecule has 1 unspecified atom stereocenters. The van der Waals surface area contributed by atoms with E-state index in [2.05, 4.69) is 5.32 Å². The molecule has 1 N–H and O–H groups in total. The van der Waals surface area contributed by atoms with Crippen LogP contribution in [0, 0.1) is 0 Å². The van der Waals surface area contributed by atoms with E-state index in [0.29, 0.717) is 6.61 Å². The number of nitrogens with one attached hydrogen (secondary N) is 1. The minimum absolute atomic E-state index is 0.0464. The molecular formula is C13H21N3O5S. The average molecular weight is 331 g/mol. The van der Waals surface area contributed by atoms with Crippen molar-refractivity contribution in [1.82, 2.24) is 14.2 Å². The summed E-state index contributed by atoms with van der Waals surface area (Å²) in [6.45, 7) is 1.84. The van der Waals surface area contributed by atoms with Gasteiger partial charge in [-0.15, -0.1) is 0 Å². The third kappa shape index (κ3) is 4.65. The molecule has 0 radical (unpaired) electrons. The summed E-state index contributed by atoms with van der Waals surface area (Å²) in [6.07, 6.45) is 1.16. The molecule has 1 amide bonds. The number of pyridine rings is 1. The van der Waals surface area contributed by atoms with Crippen molar-refractivity contribution in [3.8, 4) is 0 Å². The first-order valence-corrected chi connectivity index (χ1v) is 8.03. The van der Waals surface area contributed by atoms with Gasteiger partial charge in [-0.1, -0.05) is 0 Å². The van der Waals surface area contributed by atoms with Crippen LogP contribution in [0.2, 0.25) is 0 Å². The highest BCUT2D eigenvalue weighted by Gasteiger charge is 2.18. The number of amides is 1. The molecule has 0 fully saturated rings. The largest absolute Gasteiger partial charge is 0.383 e. The summed E-state index contributed by atoms with van der Waals surface area (Å²) in [5.41, 5.74) is -0.452. The number of hydrogen-bond donors (Lipinski definition) is 1. The number of methoxy groups -OCH3 is 1. The molecule has 0 saturated carbocycles. The zero-order chi connectivity index (χ0) is 16.9. The van der Waals surface area contributed by atoms with Crippen LogP contribution in [0.1, 0.15) is 6.92 Å². The Labute approximate surface area is 129 Å². The van der Waals surface area contributed by atoms with E-state index in [-0.39, 0.29) is 17.5 Å². The van der Waals surface area contributed by atoms with Gasteiger partial charge in [0.15, 0.2) is 0 Å². The lowest BCUT2D eigenvalue weighted by Gasteiger charge is -2.15. The molecule has 1 rings (SSSR count). The molecule has 0 saturated heterocycles. The minimum atomic E-state index is -3.66. The second-order valence-electron chi connectivity index (χ2n) is 5.04. The van der Waals surface area contributed by atoms with Gasteiger partial charge < -0.3 is 14.6 Å². The van der Waals surface area contributed by atoms with Crippen LogP contribution >= 0.6 is 0 Å². The number of nitrogens with zero attached hydrogens (tertiary/aromatic N) is 2. The Kier molecular flexibility index (Phi) is 6.27. The summed E-state index contributed by atoms with van der Waals surface area (Å²) >= 11 is 0. The SMILES string of the molecule is COCC(C)NC(=O)Cn1cc(S(=O)(=O)N(C)C)ccc1=O. The van der Waals surface area contributed by atoms with Crippen molar-refractivity contribution in [3.05, 3.63) is 28.7 Å². The fraction of sp³-hybridized carbons (Fsp3) is 0.538. The Morgan fingerprint density at radius 3 is 2.59 bits per heavy atom. The number of sulfonamides is 1. The lowest BCUT2D eigenvalue weighted by Crippen LogP contribution is -2.39. The van der Waals surface area contributed by atoms with E-state index in [0.717, 1.165) is 21.1 Å². The minimum Gasteiger partial charge on any atom is -0.383 e. The van der Waals surface area contributed by atoms with E-state index in [1.54, 1.807) is 6.92 Å². The molecular weight excluding hydrogens is 310 g/mol. The van der Waals surface area contributed by atoms with Crippen LogP contribution in [0.15, 0.2) is 28.0 Å². The molecule has 9 heteroatoms. The van der Waals surface area contributed by atoms with Gasteiger partial charge >= 0.3 is 0 Å². The second-order valence-corrected chi connectivity index (χ2v) is 7.19. The zero-order valence-electron chi connectivity index (χ0n) is 13.1. The second kappa shape index (κ2) is 7.52. The number of hydrogen-bond acceptors (Lipinski definition) is 5. The van der Waals surface area contributed by atoms with Crippen molar-refractivity contribution in [2.24, 2.45) is 0 Å². The molecule has 124 valence electrons. The van der Waals surface area contributed by atoms with Gasteiger partial charge in [0.25, 0.3) is 5.56 Å². The maximum absolute atomic E-state index is 12.0. The molecule has 0 aliphatic carbocycles. The Bertz CT molecular complexity index is 681. The topological polar surface area (TPSA) is 97.7 Å². The van der Waals surface area contributed by atoms with Crippen molar-refractivity contribution in [1.29, 1.82) is 0 Å². The molecule has 8 nitrogen and oxygen atoms in total. The molecule has 1 atom stereocenters. The van der Waals surface area contributed by atoms with Crippen molar-refractivity contribution < 1.29 is 17.9 Å². The quantitative estimate of drug-likeness (QED) is 0.709. The van der Waals surface area contributed by atoms with Crippen LogP contribution in [0.25, 0.3) is 0 Å². The average Bonchev–Trinajstić information content (AvgIpc) is 2.40. The fourth-order valence-electron chi connectivity index (χ4n) is 1.76. The number of carbonyl (C=O) groups is 1. The number of carbonyl (C=O) groups excluding carboxylic acids is 1. The predicted octanol–water partition coefficient (Wildman–Crippen LogP) is -0.750. The van der Waals surface area contributed by atoms with Crippen LogP contribution in [0.4, 0.5) is 0 Å². The zero-order valence-corrected chi connectivity index (χ0v) is 13.9. The highest BCUT2D eigenvalue weighted by Crippen LogP contribution is 2.10. The van der Waals surface area contributed by atoms with Gasteiger partial charge in [-0.3, -0.25) is 9.59 Å². The monoisotopic (exact) mass is 331 g/mol. The van der Waals surface area contributed by atoms with Gasteiger partial charge in [-0.05, 0) is 13.0 Å². The molecule has 0 spiro atoms. The third-order valence-corrected chi connectivity index (χ3v) is 4.67. The molecule has 22 heavy (non-hydrogen) atoms. The maximum Gasteiger partial charge on any atom is 0.251 e. The molecule has 0 bridgehead atoms. The number of ether oxygens (including phenoxy) is 1. The van der Waals surface area contributed by atoms with Crippen molar-refractivity contribution in [2.45, 2.75) is 24.4 Å². The maximum atomic E-state index is 12.0. The predicted molar refractivity (Wildman–Crippen MR) is 81.1 cm³/mol. The molecule has 1 heterocycles. The summed E-state index contributed by atoms with van der Waals surface area (Å²) in [7, 11) is 0.640. The summed E-state index contributed by atoms with van der Waals surface area (Å²) < 4.78 is 31.1. The van der Waals surface area contributed by atoms with E-state index in [4.69, 9.17) is 4.74 Å². The Morgan fingerprint density at radius 2 is 2.05 bits per heavy atom. The Morgan fingerprint density at radius 1 is 1.41 bits per heavy atom. The lowest BCUT2D eigenvalue weighted by atomic mass is 10.3. The van der Waals surface area contributed by atoms with Crippen molar-refractivity contribution in [3.63, 3.8) is 0 Å². The molecule has 1 aromatic heterocycles. The van der Waals surface area contributed by atoms with E-state index < -0.39 is 21.5 Å². The van der Waals surface area contributed by atoms with Gasteiger partial charge in [-0.2, -0.15) is 0 Å². The third-order valence-electron chi connectivity index (χ3n) is 2.87. The highest BCUT2D eigenvalue weighted by atomic mass is 32.2. The standard InChI is InChI=1S/C13H21N3O5S/c1-10(9-21-4)14-12(17)8-16-7-11(5-6-13(16)18)22(19,20)15(2)3/h5-7,10H,8-9H2,1-4H3,(H,14,17). The fourth-order valence-corrected chi connectivity index (χ4v) is 2.69. The summed E-state index contributed by atoms with van der Waals surface area (Å²) in [6, 6.07) is 2.14. The van der Waals surface area contributed by atoms with Crippen LogP contribution in [-0.4, -0.2) is 57.1 Å². The first-order chi connectivity index (χ1) is 10.2. The van der Waals surface area contributed by atoms with Gasteiger partial charge in [-0.25, -0.2) is 12.7 Å². The first kappa shape index (κ1) is 18.3. The number of aromatic nitrogens is 1.